The van der Waals surface area contributed by atoms with Crippen LogP contribution in [0.3, 0.4) is 0 Å². The molecule has 0 aromatic rings. The molecule has 0 aliphatic carbocycles. The number of rotatable bonds is 8. The molecule has 2 atom stereocenters. The predicted octanol–water partition coefficient (Wildman–Crippen LogP) is 1.35. The number of carbonyl (C=O) groups is 2. The number of aliphatic hydroxyl groups excluding tert-OH is 1. The third kappa shape index (κ3) is 7.99. The van der Waals surface area contributed by atoms with Crippen LogP contribution in [0.25, 0.3) is 0 Å². The summed E-state index contributed by atoms with van der Waals surface area (Å²) in [6.45, 7) is 7.21. The fourth-order valence-corrected chi connectivity index (χ4v) is 2.03. The molecule has 0 fully saturated rings. The van der Waals surface area contributed by atoms with E-state index in [1.54, 1.807) is 13.0 Å². The van der Waals surface area contributed by atoms with Crippen molar-refractivity contribution >= 4 is 22.8 Å². The summed E-state index contributed by atoms with van der Waals surface area (Å²) in [4.78, 5) is 22.3. The van der Waals surface area contributed by atoms with Gasteiger partial charge in [0, 0.05) is 19.2 Å². The minimum absolute atomic E-state index is 0.0353. The number of thioether (sulfide) groups is 1. The number of aliphatic hydroxyl groups is 1. The summed E-state index contributed by atoms with van der Waals surface area (Å²) in [7, 11) is 0. The Morgan fingerprint density at radius 2 is 2.18 bits per heavy atom. The van der Waals surface area contributed by atoms with E-state index in [1.807, 2.05) is 0 Å². The second-order valence-electron chi connectivity index (χ2n) is 3.87. The van der Waals surface area contributed by atoms with Crippen LogP contribution < -0.4 is 5.32 Å². The van der Waals surface area contributed by atoms with Crippen molar-refractivity contribution in [3.8, 4) is 0 Å². The zero-order valence-electron chi connectivity index (χ0n) is 10.4. The Kier molecular flexibility index (Phi) is 8.80. The summed E-state index contributed by atoms with van der Waals surface area (Å²) >= 11 is 1.15. The zero-order valence-corrected chi connectivity index (χ0v) is 11.3. The van der Waals surface area contributed by atoms with Crippen molar-refractivity contribution in [1.29, 1.82) is 0 Å². The fourth-order valence-electron chi connectivity index (χ4n) is 1.21. The minimum atomic E-state index is -0.617. The molecule has 0 aromatic carbocycles. The second kappa shape index (κ2) is 9.24. The van der Waals surface area contributed by atoms with Gasteiger partial charge in [0.15, 0.2) is 5.12 Å². The third-order valence-electron chi connectivity index (χ3n) is 2.34. The van der Waals surface area contributed by atoms with E-state index in [-0.39, 0.29) is 16.9 Å². The Balaban J connectivity index is 3.80. The van der Waals surface area contributed by atoms with E-state index < -0.39 is 6.10 Å². The number of allylic oxidation sites excluding steroid dienone is 1. The molecule has 0 aliphatic rings. The molecule has 1 unspecified atom stereocenters. The average Bonchev–Trinajstić information content (AvgIpc) is 2.30. The molecule has 17 heavy (non-hydrogen) atoms. The van der Waals surface area contributed by atoms with Gasteiger partial charge in [0.05, 0.1) is 12.0 Å². The first-order valence-electron chi connectivity index (χ1n) is 5.69. The molecule has 0 heterocycles. The Bertz CT molecular complexity index is 268. The van der Waals surface area contributed by atoms with Crippen LogP contribution in [0.15, 0.2) is 12.7 Å². The van der Waals surface area contributed by atoms with E-state index in [4.69, 9.17) is 0 Å². The molecular formula is C12H21NO3S. The lowest BCUT2D eigenvalue weighted by Crippen LogP contribution is -2.26. The summed E-state index contributed by atoms with van der Waals surface area (Å²) in [6, 6.07) is 0. The van der Waals surface area contributed by atoms with Gasteiger partial charge in [0.25, 0.3) is 0 Å². The number of hydrogen-bond donors (Lipinski definition) is 2. The summed E-state index contributed by atoms with van der Waals surface area (Å²) in [5.74, 6) is 0.0612. The van der Waals surface area contributed by atoms with Gasteiger partial charge in [-0.15, -0.1) is 6.58 Å². The maximum absolute atomic E-state index is 11.7. The van der Waals surface area contributed by atoms with Gasteiger partial charge in [-0.05, 0) is 12.8 Å². The largest absolute Gasteiger partial charge is 0.392 e. The third-order valence-corrected chi connectivity index (χ3v) is 3.40. The van der Waals surface area contributed by atoms with Gasteiger partial charge >= 0.3 is 0 Å². The van der Waals surface area contributed by atoms with Crippen LogP contribution in [-0.4, -0.2) is 34.5 Å². The van der Waals surface area contributed by atoms with E-state index in [9.17, 15) is 14.7 Å². The molecule has 2 N–H and O–H groups in total. The highest BCUT2D eigenvalue weighted by Crippen LogP contribution is 2.17. The lowest BCUT2D eigenvalue weighted by atomic mass is 10.0. The van der Waals surface area contributed by atoms with Crippen molar-refractivity contribution in [2.24, 2.45) is 5.92 Å². The van der Waals surface area contributed by atoms with Gasteiger partial charge in [-0.2, -0.15) is 0 Å². The first kappa shape index (κ1) is 16.2. The molecule has 0 aliphatic heterocycles. The summed E-state index contributed by atoms with van der Waals surface area (Å²) in [6.07, 6.45) is 2.37. The van der Waals surface area contributed by atoms with Gasteiger partial charge in [0.1, 0.15) is 0 Å². The highest BCUT2D eigenvalue weighted by molar-refractivity contribution is 8.13. The highest BCUT2D eigenvalue weighted by Gasteiger charge is 2.21. The molecule has 5 heteroatoms. The van der Waals surface area contributed by atoms with Crippen molar-refractivity contribution in [3.63, 3.8) is 0 Å². The quantitative estimate of drug-likeness (QED) is 0.510. The Hall–Kier alpha value is -0.810. The highest BCUT2D eigenvalue weighted by atomic mass is 32.2. The minimum Gasteiger partial charge on any atom is -0.392 e. The molecule has 0 spiro atoms. The van der Waals surface area contributed by atoms with Crippen LogP contribution in [0, 0.1) is 5.92 Å². The Labute approximate surface area is 107 Å². The van der Waals surface area contributed by atoms with Crippen LogP contribution in [0.1, 0.15) is 26.7 Å². The zero-order chi connectivity index (χ0) is 13.3. The van der Waals surface area contributed by atoms with Gasteiger partial charge in [-0.1, -0.05) is 24.8 Å². The maximum Gasteiger partial charge on any atom is 0.216 e. The molecule has 1 amide bonds. The van der Waals surface area contributed by atoms with E-state index in [2.05, 4.69) is 11.9 Å². The lowest BCUT2D eigenvalue weighted by Gasteiger charge is -2.16. The van der Waals surface area contributed by atoms with Crippen molar-refractivity contribution in [1.82, 2.24) is 5.32 Å². The smallest absolute Gasteiger partial charge is 0.216 e. The van der Waals surface area contributed by atoms with Gasteiger partial charge in [-0.3, -0.25) is 9.59 Å². The van der Waals surface area contributed by atoms with Crippen molar-refractivity contribution in [2.75, 3.05) is 12.3 Å². The second-order valence-corrected chi connectivity index (χ2v) is 4.97. The van der Waals surface area contributed by atoms with Crippen molar-refractivity contribution in [2.45, 2.75) is 32.8 Å². The summed E-state index contributed by atoms with van der Waals surface area (Å²) in [5, 5.41) is 12.3. The average molecular weight is 259 g/mol. The van der Waals surface area contributed by atoms with Crippen LogP contribution in [0.5, 0.6) is 0 Å². The molecule has 0 rings (SSSR count). The monoisotopic (exact) mass is 259 g/mol. The number of amides is 1. The molecular weight excluding hydrogens is 238 g/mol. The fraction of sp³-hybridized carbons (Fsp3) is 0.667. The van der Waals surface area contributed by atoms with Crippen LogP contribution >= 0.6 is 11.8 Å². The Morgan fingerprint density at radius 1 is 1.53 bits per heavy atom. The van der Waals surface area contributed by atoms with E-state index >= 15 is 0 Å². The van der Waals surface area contributed by atoms with E-state index in [0.29, 0.717) is 25.1 Å². The normalized spacial score (nSPS) is 13.8. The van der Waals surface area contributed by atoms with Crippen LogP contribution in [0.2, 0.25) is 0 Å². The predicted molar refractivity (Wildman–Crippen MR) is 70.8 cm³/mol. The molecule has 98 valence electrons. The van der Waals surface area contributed by atoms with Gasteiger partial charge < -0.3 is 10.4 Å². The molecule has 0 aromatic heterocycles. The summed E-state index contributed by atoms with van der Waals surface area (Å²) in [5.41, 5.74) is 0. The van der Waals surface area contributed by atoms with Crippen molar-refractivity contribution in [3.05, 3.63) is 12.7 Å². The molecule has 0 bridgehead atoms. The van der Waals surface area contributed by atoms with Crippen LogP contribution in [-0.2, 0) is 9.59 Å². The lowest BCUT2D eigenvalue weighted by molar-refractivity contribution is -0.119. The standard InChI is InChI=1S/C12H21NO3S/c1-4-5-6-11(15)9(2)12(16)17-8-7-13-10(3)14/h4,9,11,15H,1,5-8H2,2-3H3,(H,13,14)/t9-,11?/m0/s1. The topological polar surface area (TPSA) is 66.4 Å². The first-order chi connectivity index (χ1) is 7.99. The van der Waals surface area contributed by atoms with Gasteiger partial charge in [0.2, 0.25) is 5.91 Å². The number of nitrogens with one attached hydrogen (secondary N) is 1. The molecule has 4 nitrogen and oxygen atoms in total. The SMILES string of the molecule is C=CCCC(O)[C@H](C)C(=O)SCCNC(C)=O. The molecule has 0 radical (unpaired) electrons. The van der Waals surface area contributed by atoms with E-state index in [1.165, 1.54) is 6.92 Å². The van der Waals surface area contributed by atoms with E-state index in [0.717, 1.165) is 11.8 Å². The van der Waals surface area contributed by atoms with Crippen molar-refractivity contribution < 1.29 is 14.7 Å². The molecule has 0 saturated carbocycles. The Morgan fingerprint density at radius 3 is 2.71 bits per heavy atom. The maximum atomic E-state index is 11.7. The van der Waals surface area contributed by atoms with Crippen LogP contribution in [0.4, 0.5) is 0 Å². The number of hydrogen-bond acceptors (Lipinski definition) is 4. The molecule has 0 saturated heterocycles. The summed E-state index contributed by atoms with van der Waals surface area (Å²) < 4.78 is 0. The number of carbonyl (C=O) groups excluding carboxylic acids is 2. The first-order valence-corrected chi connectivity index (χ1v) is 6.67. The van der Waals surface area contributed by atoms with Gasteiger partial charge in [-0.25, -0.2) is 0 Å².